The van der Waals surface area contributed by atoms with Gasteiger partial charge in [-0.3, -0.25) is 0 Å². The van der Waals surface area contributed by atoms with Crippen LogP contribution in [-0.4, -0.2) is 6.04 Å². The molecule has 0 saturated carbocycles. The van der Waals surface area contributed by atoms with E-state index >= 15 is 0 Å². The van der Waals surface area contributed by atoms with Crippen molar-refractivity contribution in [2.45, 2.75) is 58.4 Å². The maximum Gasteiger partial charge on any atom is 0.0560 e. The van der Waals surface area contributed by atoms with Crippen molar-refractivity contribution in [1.29, 1.82) is 0 Å². The van der Waals surface area contributed by atoms with Crippen molar-refractivity contribution >= 4 is 60.8 Å². The molecule has 60 heavy (non-hydrogen) atoms. The molecule has 2 unspecified atom stereocenters. The van der Waals surface area contributed by atoms with E-state index in [1.165, 1.54) is 77.2 Å². The van der Waals surface area contributed by atoms with E-state index in [0.717, 1.165) is 24.2 Å². The van der Waals surface area contributed by atoms with Gasteiger partial charge in [-0.05, 0) is 117 Å². The number of rotatable bonds is 10. The predicted molar refractivity (Wildman–Crippen MR) is 259 cm³/mol. The number of benzene rings is 8. The number of allylic oxidation sites excluding steroid dienone is 6. The molecule has 2 aliphatic carbocycles. The third-order valence-electron chi connectivity index (χ3n) is 12.8. The lowest BCUT2D eigenvalue weighted by Crippen LogP contribution is -2.30. The molecule has 0 spiro atoms. The minimum absolute atomic E-state index is 0.157. The summed E-state index contributed by atoms with van der Waals surface area (Å²) in [6.07, 6.45) is 18.3. The van der Waals surface area contributed by atoms with E-state index < -0.39 is 0 Å². The molecule has 0 aliphatic heterocycles. The summed E-state index contributed by atoms with van der Waals surface area (Å²) >= 11 is 0. The van der Waals surface area contributed by atoms with Gasteiger partial charge in [0.1, 0.15) is 0 Å². The first-order valence-electron chi connectivity index (χ1n) is 21.8. The summed E-state index contributed by atoms with van der Waals surface area (Å²) in [5.41, 5.74) is 12.5. The van der Waals surface area contributed by atoms with Crippen LogP contribution in [0.2, 0.25) is 0 Å². The van der Waals surface area contributed by atoms with E-state index in [4.69, 9.17) is 0 Å². The van der Waals surface area contributed by atoms with Crippen LogP contribution in [0.4, 0.5) is 28.4 Å². The minimum Gasteiger partial charge on any atom is -0.334 e. The van der Waals surface area contributed by atoms with Crippen LogP contribution in [0.5, 0.6) is 0 Å². The smallest absolute Gasteiger partial charge is 0.0560 e. The van der Waals surface area contributed by atoms with Crippen LogP contribution in [0.25, 0.3) is 43.4 Å². The molecule has 10 rings (SSSR count). The summed E-state index contributed by atoms with van der Waals surface area (Å²) in [6.45, 7) is 9.12. The molecule has 0 bridgehead atoms. The number of para-hydroxylation sites is 2. The average molecular weight is 777 g/mol. The van der Waals surface area contributed by atoms with E-state index in [9.17, 15) is 0 Å². The topological polar surface area (TPSA) is 6.48 Å². The van der Waals surface area contributed by atoms with Gasteiger partial charge in [0.2, 0.25) is 0 Å². The van der Waals surface area contributed by atoms with Crippen molar-refractivity contribution in [3.05, 3.63) is 211 Å². The molecular weight excluding hydrogens is 725 g/mol. The fourth-order valence-electron chi connectivity index (χ4n) is 9.70. The summed E-state index contributed by atoms with van der Waals surface area (Å²) in [7, 11) is 0. The molecule has 0 aromatic heterocycles. The summed E-state index contributed by atoms with van der Waals surface area (Å²) in [6, 6.07) is 57.0. The standard InChI is InChI=1S/C58H52N2/c1-39(2)41-25-29-47(30-26-41)59(45-21-13-7-14-22-45)55-37-53(43-17-9-5-10-18-43)49-34-36-52-56(60(46-23-15-8-16-24-46)48-31-27-42(28-32-48)40(3)4)38-54(44-19-11-6-12-20-44)50-33-35-51(55)57(49)58(50)52/h5-19,21-29,31-40,44,47H,20,30H2,1-4H3. The Morgan fingerprint density at radius 1 is 0.517 bits per heavy atom. The first-order chi connectivity index (χ1) is 29.4. The summed E-state index contributed by atoms with van der Waals surface area (Å²) < 4.78 is 0. The predicted octanol–water partition coefficient (Wildman–Crippen LogP) is 16.5. The second-order valence-corrected chi connectivity index (χ2v) is 17.2. The van der Waals surface area contributed by atoms with E-state index in [-0.39, 0.29) is 12.0 Å². The molecule has 2 heteroatoms. The van der Waals surface area contributed by atoms with E-state index in [0.29, 0.717) is 11.8 Å². The summed E-state index contributed by atoms with van der Waals surface area (Å²) in [5.74, 6) is 1.20. The van der Waals surface area contributed by atoms with Gasteiger partial charge in [-0.25, -0.2) is 0 Å². The molecule has 0 amide bonds. The second kappa shape index (κ2) is 15.8. The monoisotopic (exact) mass is 776 g/mol. The van der Waals surface area contributed by atoms with Gasteiger partial charge in [0, 0.05) is 39.1 Å². The lowest BCUT2D eigenvalue weighted by Gasteiger charge is -2.35. The van der Waals surface area contributed by atoms with E-state index in [1.807, 2.05) is 0 Å². The van der Waals surface area contributed by atoms with Crippen LogP contribution in [-0.2, 0) is 0 Å². The van der Waals surface area contributed by atoms with Crippen LogP contribution < -0.4 is 9.80 Å². The third kappa shape index (κ3) is 6.71. The lowest BCUT2D eigenvalue weighted by molar-refractivity contribution is 0.732. The van der Waals surface area contributed by atoms with Gasteiger partial charge < -0.3 is 9.80 Å². The zero-order valence-corrected chi connectivity index (χ0v) is 35.1. The number of hydrogen-bond acceptors (Lipinski definition) is 2. The fourth-order valence-corrected chi connectivity index (χ4v) is 9.70. The molecule has 8 aromatic rings. The number of anilines is 5. The summed E-state index contributed by atoms with van der Waals surface area (Å²) in [4.78, 5) is 5.09. The van der Waals surface area contributed by atoms with Gasteiger partial charge in [-0.1, -0.05) is 173 Å². The van der Waals surface area contributed by atoms with Gasteiger partial charge in [-0.15, -0.1) is 0 Å². The SMILES string of the molecule is CC(C)C1=CCC(N(c2ccccc2)c2cc(-c3ccccc3)c3ccc4c(N(c5ccccc5)c5ccc(C(C)C)cc5)cc(C5C=CC=CC5)c5ccc2c3c54)C=C1. The average Bonchev–Trinajstić information content (AvgIpc) is 3.30. The maximum absolute atomic E-state index is 2.60. The van der Waals surface area contributed by atoms with E-state index in [1.54, 1.807) is 0 Å². The quantitative estimate of drug-likeness (QED) is 0.128. The lowest BCUT2D eigenvalue weighted by atomic mass is 9.82. The van der Waals surface area contributed by atoms with Crippen molar-refractivity contribution in [3.63, 3.8) is 0 Å². The van der Waals surface area contributed by atoms with Crippen molar-refractivity contribution in [3.8, 4) is 11.1 Å². The molecule has 2 aliphatic rings. The highest BCUT2D eigenvalue weighted by Crippen LogP contribution is 2.51. The molecule has 0 fully saturated rings. The van der Waals surface area contributed by atoms with Crippen LogP contribution in [0.1, 0.15) is 63.5 Å². The highest BCUT2D eigenvalue weighted by atomic mass is 15.2. The van der Waals surface area contributed by atoms with Gasteiger partial charge in [0.15, 0.2) is 0 Å². The molecule has 0 N–H and O–H groups in total. The van der Waals surface area contributed by atoms with Crippen LogP contribution in [0.15, 0.2) is 200 Å². The number of nitrogens with zero attached hydrogens (tertiary/aromatic N) is 2. The van der Waals surface area contributed by atoms with Gasteiger partial charge in [-0.2, -0.15) is 0 Å². The fraction of sp³-hybridized carbons (Fsp3) is 0.172. The molecule has 2 nitrogen and oxygen atoms in total. The molecule has 0 heterocycles. The second-order valence-electron chi connectivity index (χ2n) is 17.2. The molecule has 0 saturated heterocycles. The van der Waals surface area contributed by atoms with E-state index in [2.05, 4.69) is 232 Å². The first-order valence-corrected chi connectivity index (χ1v) is 21.8. The number of hydrogen-bond donors (Lipinski definition) is 0. The molecule has 8 aromatic carbocycles. The Hall–Kier alpha value is -6.64. The normalized spacial score (nSPS) is 16.4. The first kappa shape index (κ1) is 37.6. The Balaban J connectivity index is 1.32. The highest BCUT2D eigenvalue weighted by molar-refractivity contribution is 6.31. The zero-order valence-electron chi connectivity index (χ0n) is 35.1. The van der Waals surface area contributed by atoms with Gasteiger partial charge >= 0.3 is 0 Å². The van der Waals surface area contributed by atoms with Gasteiger partial charge in [0.25, 0.3) is 0 Å². The van der Waals surface area contributed by atoms with Crippen molar-refractivity contribution in [2.75, 3.05) is 9.80 Å². The minimum atomic E-state index is 0.157. The van der Waals surface area contributed by atoms with Crippen LogP contribution in [0, 0.1) is 5.92 Å². The maximum atomic E-state index is 2.60. The molecule has 0 radical (unpaired) electrons. The molecule has 294 valence electrons. The largest absolute Gasteiger partial charge is 0.334 e. The Labute approximate surface area is 355 Å². The molecule has 2 atom stereocenters. The van der Waals surface area contributed by atoms with Crippen molar-refractivity contribution < 1.29 is 0 Å². The Bertz CT molecular complexity index is 2920. The van der Waals surface area contributed by atoms with Crippen molar-refractivity contribution in [2.24, 2.45) is 5.92 Å². The zero-order chi connectivity index (χ0) is 40.7. The Morgan fingerprint density at radius 3 is 1.77 bits per heavy atom. The Morgan fingerprint density at radius 2 is 1.13 bits per heavy atom. The summed E-state index contributed by atoms with van der Waals surface area (Å²) in [5, 5.41) is 7.78. The highest BCUT2D eigenvalue weighted by Gasteiger charge is 2.28. The van der Waals surface area contributed by atoms with Crippen LogP contribution in [0.3, 0.4) is 0 Å². The van der Waals surface area contributed by atoms with Crippen LogP contribution >= 0.6 is 0 Å². The van der Waals surface area contributed by atoms with Gasteiger partial charge in [0.05, 0.1) is 17.4 Å². The molecular formula is C58H52N2. The van der Waals surface area contributed by atoms with Crippen molar-refractivity contribution in [1.82, 2.24) is 0 Å². The Kier molecular flexibility index (Phi) is 9.94. The third-order valence-corrected chi connectivity index (χ3v) is 12.8.